The second-order valence-corrected chi connectivity index (χ2v) is 4.23. The first-order chi connectivity index (χ1) is 8.69. The Balaban J connectivity index is 2.79. The Kier molecular flexibility index (Phi) is 6.44. The number of ketones is 1. The average molecular weight is 269 g/mol. The van der Waals surface area contributed by atoms with Crippen molar-refractivity contribution >= 4 is 23.4 Å². The third-order valence-corrected chi connectivity index (χ3v) is 2.76. The Labute approximate surface area is 112 Å². The van der Waals surface area contributed by atoms with Gasteiger partial charge < -0.3 is 4.74 Å². The number of esters is 1. The number of hydrogen-bond donors (Lipinski definition) is 0. The zero-order valence-corrected chi connectivity index (χ0v) is 11.2. The molecule has 0 saturated carbocycles. The highest BCUT2D eigenvalue weighted by atomic mass is 35.5. The van der Waals surface area contributed by atoms with Gasteiger partial charge in [0.15, 0.2) is 5.78 Å². The van der Waals surface area contributed by atoms with Gasteiger partial charge in [0.1, 0.15) is 0 Å². The molecule has 0 aliphatic carbocycles. The Bertz CT molecular complexity index is 415. The summed E-state index contributed by atoms with van der Waals surface area (Å²) in [5.74, 6) is 0.178. The quantitative estimate of drug-likeness (QED) is 0.434. The lowest BCUT2D eigenvalue weighted by Gasteiger charge is -2.07. The molecule has 0 unspecified atom stereocenters. The fourth-order valence-electron chi connectivity index (χ4n) is 1.68. The lowest BCUT2D eigenvalue weighted by molar-refractivity contribution is -0.142. The molecule has 0 spiro atoms. The number of rotatable bonds is 7. The molecule has 0 N–H and O–H groups in total. The zero-order chi connectivity index (χ0) is 13.4. The van der Waals surface area contributed by atoms with Gasteiger partial charge in [-0.3, -0.25) is 9.59 Å². The molecule has 0 amide bonds. The summed E-state index contributed by atoms with van der Waals surface area (Å²) in [6.45, 7) is 2.11. The zero-order valence-electron chi connectivity index (χ0n) is 10.4. The van der Waals surface area contributed by atoms with Crippen LogP contribution in [0.25, 0.3) is 0 Å². The number of hydrogen-bond acceptors (Lipinski definition) is 3. The van der Waals surface area contributed by atoms with Crippen molar-refractivity contribution in [2.75, 3.05) is 12.5 Å². The Morgan fingerprint density at radius 3 is 2.67 bits per heavy atom. The van der Waals surface area contributed by atoms with Crippen molar-refractivity contribution in [3.63, 3.8) is 0 Å². The van der Waals surface area contributed by atoms with Crippen LogP contribution in [0.2, 0.25) is 0 Å². The van der Waals surface area contributed by atoms with E-state index in [1.165, 1.54) is 0 Å². The van der Waals surface area contributed by atoms with E-state index in [1.807, 2.05) is 6.07 Å². The summed E-state index contributed by atoms with van der Waals surface area (Å²) >= 11 is 5.57. The molecule has 1 aromatic carbocycles. The normalized spacial score (nSPS) is 10.1. The molecule has 3 nitrogen and oxygen atoms in total. The Morgan fingerprint density at radius 2 is 2.00 bits per heavy atom. The van der Waals surface area contributed by atoms with Gasteiger partial charge in [-0.05, 0) is 18.9 Å². The predicted molar refractivity (Wildman–Crippen MR) is 71.1 cm³/mol. The molecule has 0 saturated heterocycles. The summed E-state index contributed by atoms with van der Waals surface area (Å²) in [6, 6.07) is 7.13. The summed E-state index contributed by atoms with van der Waals surface area (Å²) in [5.41, 5.74) is 1.31. The number of carbonyl (C=O) groups is 2. The molecule has 0 heterocycles. The van der Waals surface area contributed by atoms with Crippen LogP contribution in [-0.2, 0) is 16.0 Å². The molecule has 0 bridgehead atoms. The van der Waals surface area contributed by atoms with Crippen LogP contribution in [0, 0.1) is 0 Å². The first kappa shape index (κ1) is 14.7. The lowest BCUT2D eigenvalue weighted by atomic mass is 9.99. The van der Waals surface area contributed by atoms with Crippen LogP contribution in [-0.4, -0.2) is 24.2 Å². The molecule has 4 heteroatoms. The second kappa shape index (κ2) is 7.88. The largest absolute Gasteiger partial charge is 0.466 e. The fourth-order valence-corrected chi connectivity index (χ4v) is 1.81. The summed E-state index contributed by atoms with van der Waals surface area (Å²) in [4.78, 5) is 23.4. The first-order valence-electron chi connectivity index (χ1n) is 6.01. The van der Waals surface area contributed by atoms with Crippen LogP contribution in [0.15, 0.2) is 24.3 Å². The molecule has 0 atom stereocenters. The Hall–Kier alpha value is -1.35. The van der Waals surface area contributed by atoms with E-state index in [9.17, 15) is 9.59 Å². The minimum atomic E-state index is -0.310. The molecule has 0 fully saturated rings. The number of halogens is 1. The standard InChI is InChI=1S/C14H17ClO3/c1-2-18-14(17)10-11-6-3-4-7-12(11)13(16)8-5-9-15/h3-4,6-7H,2,5,8-10H2,1H3. The topological polar surface area (TPSA) is 43.4 Å². The second-order valence-electron chi connectivity index (χ2n) is 3.85. The van der Waals surface area contributed by atoms with E-state index < -0.39 is 0 Å². The molecular formula is C14H17ClO3. The summed E-state index contributed by atoms with van der Waals surface area (Å²) in [6.07, 6.45) is 1.19. The van der Waals surface area contributed by atoms with Crippen molar-refractivity contribution < 1.29 is 14.3 Å². The van der Waals surface area contributed by atoms with Gasteiger partial charge in [0, 0.05) is 17.9 Å². The minimum absolute atomic E-state index is 0.0237. The lowest BCUT2D eigenvalue weighted by Crippen LogP contribution is -2.11. The number of ether oxygens (including phenoxy) is 1. The molecule has 0 aliphatic rings. The van der Waals surface area contributed by atoms with Gasteiger partial charge in [-0.1, -0.05) is 24.3 Å². The van der Waals surface area contributed by atoms with Crippen molar-refractivity contribution in [1.29, 1.82) is 0 Å². The molecule has 0 aliphatic heterocycles. The van der Waals surface area contributed by atoms with Gasteiger partial charge in [-0.2, -0.15) is 0 Å². The highest BCUT2D eigenvalue weighted by Gasteiger charge is 2.13. The van der Waals surface area contributed by atoms with Crippen LogP contribution < -0.4 is 0 Å². The van der Waals surface area contributed by atoms with Gasteiger partial charge in [0.2, 0.25) is 0 Å². The number of alkyl halides is 1. The van der Waals surface area contributed by atoms with Crippen LogP contribution in [0.1, 0.15) is 35.7 Å². The maximum absolute atomic E-state index is 12.0. The number of carbonyl (C=O) groups excluding carboxylic acids is 2. The summed E-state index contributed by atoms with van der Waals surface area (Å²) in [5, 5.41) is 0. The van der Waals surface area contributed by atoms with E-state index in [0.717, 1.165) is 5.56 Å². The van der Waals surface area contributed by atoms with Crippen molar-refractivity contribution in [2.24, 2.45) is 0 Å². The van der Waals surface area contributed by atoms with E-state index in [0.29, 0.717) is 30.9 Å². The molecule has 18 heavy (non-hydrogen) atoms. The average Bonchev–Trinajstić information content (AvgIpc) is 2.37. The van der Waals surface area contributed by atoms with Gasteiger partial charge in [-0.15, -0.1) is 11.6 Å². The first-order valence-corrected chi connectivity index (χ1v) is 6.55. The smallest absolute Gasteiger partial charge is 0.310 e. The van der Waals surface area contributed by atoms with E-state index in [-0.39, 0.29) is 18.2 Å². The molecule has 1 aromatic rings. The van der Waals surface area contributed by atoms with Crippen LogP contribution in [0.4, 0.5) is 0 Å². The van der Waals surface area contributed by atoms with Crippen molar-refractivity contribution in [3.8, 4) is 0 Å². The van der Waals surface area contributed by atoms with E-state index in [1.54, 1.807) is 25.1 Å². The molecule has 98 valence electrons. The van der Waals surface area contributed by atoms with Gasteiger partial charge in [0.25, 0.3) is 0 Å². The fraction of sp³-hybridized carbons (Fsp3) is 0.429. The molecule has 1 rings (SSSR count). The highest BCUT2D eigenvalue weighted by molar-refractivity contribution is 6.18. The minimum Gasteiger partial charge on any atom is -0.466 e. The predicted octanol–water partition coefficient (Wildman–Crippen LogP) is 2.99. The van der Waals surface area contributed by atoms with Crippen molar-refractivity contribution in [3.05, 3.63) is 35.4 Å². The van der Waals surface area contributed by atoms with Crippen LogP contribution in [0.5, 0.6) is 0 Å². The van der Waals surface area contributed by atoms with E-state index in [2.05, 4.69) is 0 Å². The third kappa shape index (κ3) is 4.49. The number of Topliss-reactive ketones (excluding diaryl/α,β-unsaturated/α-hetero) is 1. The Morgan fingerprint density at radius 1 is 1.28 bits per heavy atom. The number of benzene rings is 1. The SMILES string of the molecule is CCOC(=O)Cc1ccccc1C(=O)CCCCl. The maximum atomic E-state index is 12.0. The van der Waals surface area contributed by atoms with Crippen LogP contribution in [0.3, 0.4) is 0 Å². The molecular weight excluding hydrogens is 252 g/mol. The van der Waals surface area contributed by atoms with E-state index in [4.69, 9.17) is 16.3 Å². The maximum Gasteiger partial charge on any atom is 0.310 e. The van der Waals surface area contributed by atoms with Gasteiger partial charge in [0.05, 0.1) is 13.0 Å². The van der Waals surface area contributed by atoms with Crippen molar-refractivity contribution in [1.82, 2.24) is 0 Å². The monoisotopic (exact) mass is 268 g/mol. The molecule has 0 aromatic heterocycles. The van der Waals surface area contributed by atoms with Crippen LogP contribution >= 0.6 is 11.6 Å². The van der Waals surface area contributed by atoms with Gasteiger partial charge in [-0.25, -0.2) is 0 Å². The van der Waals surface area contributed by atoms with Crippen molar-refractivity contribution in [2.45, 2.75) is 26.2 Å². The van der Waals surface area contributed by atoms with E-state index >= 15 is 0 Å². The molecule has 0 radical (unpaired) electrons. The van der Waals surface area contributed by atoms with Gasteiger partial charge >= 0.3 is 5.97 Å². The third-order valence-electron chi connectivity index (χ3n) is 2.50. The highest BCUT2D eigenvalue weighted by Crippen LogP contribution is 2.14. The summed E-state index contributed by atoms with van der Waals surface area (Å²) in [7, 11) is 0. The summed E-state index contributed by atoms with van der Waals surface area (Å²) < 4.78 is 4.89.